The van der Waals surface area contributed by atoms with Crippen molar-refractivity contribution in [1.29, 1.82) is 0 Å². The standard InChI is InChI=1S/C16H34N2O/c1-4-16(5-2,14-19)13-17-10-8-12-18-11-7-6-9-15(18)3/h15,17,19H,4-14H2,1-3H3. The molecule has 0 radical (unpaired) electrons. The fraction of sp³-hybridized carbons (Fsp3) is 1.00. The van der Waals surface area contributed by atoms with Gasteiger partial charge in [-0.1, -0.05) is 20.3 Å². The molecule has 1 rings (SSSR count). The lowest BCUT2D eigenvalue weighted by atomic mass is 9.83. The number of aliphatic hydroxyl groups excluding tert-OH is 1. The van der Waals surface area contributed by atoms with Crippen molar-refractivity contribution in [2.75, 3.05) is 32.8 Å². The minimum absolute atomic E-state index is 0.0957. The number of aliphatic hydroxyl groups is 1. The van der Waals surface area contributed by atoms with E-state index in [-0.39, 0.29) is 5.41 Å². The van der Waals surface area contributed by atoms with Crippen molar-refractivity contribution in [2.24, 2.45) is 5.41 Å². The van der Waals surface area contributed by atoms with E-state index in [0.29, 0.717) is 6.61 Å². The second-order valence-electron chi connectivity index (χ2n) is 6.28. The first-order valence-corrected chi connectivity index (χ1v) is 8.23. The lowest BCUT2D eigenvalue weighted by molar-refractivity contribution is 0.112. The summed E-state index contributed by atoms with van der Waals surface area (Å²) in [6.07, 6.45) is 7.47. The molecule has 2 N–H and O–H groups in total. The minimum Gasteiger partial charge on any atom is -0.396 e. The Hall–Kier alpha value is -0.120. The Bertz CT molecular complexity index is 221. The third-order valence-corrected chi connectivity index (χ3v) is 5.07. The van der Waals surface area contributed by atoms with Crippen LogP contribution in [0.3, 0.4) is 0 Å². The van der Waals surface area contributed by atoms with Gasteiger partial charge in [-0.2, -0.15) is 0 Å². The molecule has 0 amide bonds. The Morgan fingerprint density at radius 2 is 2.00 bits per heavy atom. The smallest absolute Gasteiger partial charge is 0.0499 e. The van der Waals surface area contributed by atoms with Gasteiger partial charge in [0.1, 0.15) is 0 Å². The Morgan fingerprint density at radius 3 is 2.58 bits per heavy atom. The molecule has 0 saturated carbocycles. The van der Waals surface area contributed by atoms with E-state index in [1.807, 2.05) is 0 Å². The number of hydrogen-bond acceptors (Lipinski definition) is 3. The van der Waals surface area contributed by atoms with E-state index in [4.69, 9.17) is 0 Å². The molecule has 0 aromatic rings. The molecule has 0 spiro atoms. The van der Waals surface area contributed by atoms with Crippen molar-refractivity contribution >= 4 is 0 Å². The molecule has 1 saturated heterocycles. The van der Waals surface area contributed by atoms with Crippen LogP contribution in [0, 0.1) is 5.41 Å². The van der Waals surface area contributed by atoms with Gasteiger partial charge in [0.15, 0.2) is 0 Å². The van der Waals surface area contributed by atoms with Crippen molar-refractivity contribution < 1.29 is 5.11 Å². The van der Waals surface area contributed by atoms with Gasteiger partial charge in [0.25, 0.3) is 0 Å². The van der Waals surface area contributed by atoms with Gasteiger partial charge in [-0.3, -0.25) is 0 Å². The van der Waals surface area contributed by atoms with Crippen LogP contribution in [0.1, 0.15) is 59.3 Å². The predicted octanol–water partition coefficient (Wildman–Crippen LogP) is 2.64. The average Bonchev–Trinajstić information content (AvgIpc) is 2.45. The highest BCUT2D eigenvalue weighted by Crippen LogP contribution is 2.24. The van der Waals surface area contributed by atoms with E-state index in [1.165, 1.54) is 38.8 Å². The van der Waals surface area contributed by atoms with Crippen molar-refractivity contribution in [3.63, 3.8) is 0 Å². The molecule has 0 aromatic carbocycles. The zero-order chi connectivity index (χ0) is 14.1. The first-order chi connectivity index (χ1) is 9.17. The van der Waals surface area contributed by atoms with Gasteiger partial charge >= 0.3 is 0 Å². The molecule has 3 nitrogen and oxygen atoms in total. The van der Waals surface area contributed by atoms with Crippen LogP contribution in [-0.2, 0) is 0 Å². The second kappa shape index (κ2) is 8.93. The number of nitrogens with one attached hydrogen (secondary N) is 1. The van der Waals surface area contributed by atoms with Crippen LogP contribution in [-0.4, -0.2) is 48.8 Å². The van der Waals surface area contributed by atoms with Crippen molar-refractivity contribution in [3.8, 4) is 0 Å². The largest absolute Gasteiger partial charge is 0.396 e. The third kappa shape index (κ3) is 5.41. The maximum Gasteiger partial charge on any atom is 0.0499 e. The van der Waals surface area contributed by atoms with E-state index in [0.717, 1.165) is 32.0 Å². The normalized spacial score (nSPS) is 21.8. The van der Waals surface area contributed by atoms with Crippen molar-refractivity contribution in [3.05, 3.63) is 0 Å². The Morgan fingerprint density at radius 1 is 1.26 bits per heavy atom. The molecule has 1 fully saturated rings. The molecule has 0 bridgehead atoms. The molecule has 19 heavy (non-hydrogen) atoms. The summed E-state index contributed by atoms with van der Waals surface area (Å²) >= 11 is 0. The van der Waals surface area contributed by atoms with Crippen LogP contribution < -0.4 is 5.32 Å². The van der Waals surface area contributed by atoms with Gasteiger partial charge in [0.05, 0.1) is 0 Å². The van der Waals surface area contributed by atoms with Crippen LogP contribution in [0.25, 0.3) is 0 Å². The molecule has 3 heteroatoms. The van der Waals surface area contributed by atoms with Gasteiger partial charge in [-0.25, -0.2) is 0 Å². The number of rotatable bonds is 9. The average molecular weight is 270 g/mol. The van der Waals surface area contributed by atoms with Crippen LogP contribution in [0.15, 0.2) is 0 Å². The Labute approximate surface area is 119 Å². The first-order valence-electron chi connectivity index (χ1n) is 8.23. The summed E-state index contributed by atoms with van der Waals surface area (Å²) in [5.74, 6) is 0. The maximum atomic E-state index is 9.52. The number of nitrogens with zero attached hydrogens (tertiary/aromatic N) is 1. The number of piperidine rings is 1. The Kier molecular flexibility index (Phi) is 7.96. The fourth-order valence-corrected chi connectivity index (χ4v) is 3.03. The molecule has 1 atom stereocenters. The van der Waals surface area contributed by atoms with Gasteiger partial charge in [-0.15, -0.1) is 0 Å². The number of hydrogen-bond donors (Lipinski definition) is 2. The number of likely N-dealkylation sites (tertiary alicyclic amines) is 1. The fourth-order valence-electron chi connectivity index (χ4n) is 3.03. The molecule has 1 heterocycles. The van der Waals surface area contributed by atoms with Gasteiger partial charge < -0.3 is 15.3 Å². The summed E-state index contributed by atoms with van der Waals surface area (Å²) in [6.45, 7) is 11.5. The van der Waals surface area contributed by atoms with Crippen LogP contribution in [0.5, 0.6) is 0 Å². The van der Waals surface area contributed by atoms with Crippen molar-refractivity contribution in [1.82, 2.24) is 10.2 Å². The lowest BCUT2D eigenvalue weighted by Crippen LogP contribution is -2.40. The van der Waals surface area contributed by atoms with E-state index in [1.54, 1.807) is 0 Å². The molecular weight excluding hydrogens is 236 g/mol. The summed E-state index contributed by atoms with van der Waals surface area (Å²) < 4.78 is 0. The zero-order valence-corrected chi connectivity index (χ0v) is 13.2. The van der Waals surface area contributed by atoms with Crippen LogP contribution in [0.4, 0.5) is 0 Å². The molecule has 1 unspecified atom stereocenters. The van der Waals surface area contributed by atoms with Gasteiger partial charge in [0, 0.05) is 24.6 Å². The van der Waals surface area contributed by atoms with Gasteiger partial charge in [0.2, 0.25) is 0 Å². The zero-order valence-electron chi connectivity index (χ0n) is 13.2. The highest BCUT2D eigenvalue weighted by Gasteiger charge is 2.24. The van der Waals surface area contributed by atoms with Crippen LogP contribution in [0.2, 0.25) is 0 Å². The maximum absolute atomic E-state index is 9.52. The third-order valence-electron chi connectivity index (χ3n) is 5.07. The van der Waals surface area contributed by atoms with Gasteiger partial charge in [-0.05, 0) is 58.7 Å². The molecule has 1 aliphatic heterocycles. The van der Waals surface area contributed by atoms with E-state index < -0.39 is 0 Å². The van der Waals surface area contributed by atoms with E-state index >= 15 is 0 Å². The molecule has 114 valence electrons. The Balaban J connectivity index is 2.13. The summed E-state index contributed by atoms with van der Waals surface area (Å²) in [6, 6.07) is 0.775. The van der Waals surface area contributed by atoms with Crippen LogP contribution >= 0.6 is 0 Å². The summed E-state index contributed by atoms with van der Waals surface area (Å²) in [5, 5.41) is 13.1. The molecular formula is C16H34N2O. The predicted molar refractivity (Wildman–Crippen MR) is 82.5 cm³/mol. The van der Waals surface area contributed by atoms with Crippen molar-refractivity contribution in [2.45, 2.75) is 65.3 Å². The first kappa shape index (κ1) is 16.9. The monoisotopic (exact) mass is 270 g/mol. The minimum atomic E-state index is 0.0957. The molecule has 0 aromatic heterocycles. The SMILES string of the molecule is CCC(CC)(CO)CNCCCN1CCCCC1C. The topological polar surface area (TPSA) is 35.5 Å². The quantitative estimate of drug-likeness (QED) is 0.632. The van der Waals surface area contributed by atoms with E-state index in [9.17, 15) is 5.11 Å². The molecule has 1 aliphatic rings. The summed E-state index contributed by atoms with van der Waals surface area (Å²) in [4.78, 5) is 2.63. The highest BCUT2D eigenvalue weighted by molar-refractivity contribution is 4.78. The highest BCUT2D eigenvalue weighted by atomic mass is 16.3. The summed E-state index contributed by atoms with van der Waals surface area (Å²) in [5.41, 5.74) is 0.0957. The summed E-state index contributed by atoms with van der Waals surface area (Å²) in [7, 11) is 0. The molecule has 0 aliphatic carbocycles. The lowest BCUT2D eigenvalue weighted by Gasteiger charge is -2.33. The van der Waals surface area contributed by atoms with E-state index in [2.05, 4.69) is 31.0 Å². The second-order valence-corrected chi connectivity index (χ2v) is 6.28.